The van der Waals surface area contributed by atoms with Gasteiger partial charge in [0, 0.05) is 52.5 Å². The Labute approximate surface area is 170 Å². The van der Waals surface area contributed by atoms with Gasteiger partial charge in [-0.15, -0.1) is 0 Å². The van der Waals surface area contributed by atoms with Gasteiger partial charge in [-0.05, 0) is 37.1 Å². The Bertz CT molecular complexity index is 921. The Morgan fingerprint density at radius 2 is 1.72 bits per heavy atom. The van der Waals surface area contributed by atoms with E-state index in [0.717, 1.165) is 35.7 Å². The van der Waals surface area contributed by atoms with Crippen LogP contribution in [0.5, 0.6) is 0 Å². The van der Waals surface area contributed by atoms with E-state index >= 15 is 0 Å². The van der Waals surface area contributed by atoms with Crippen LogP contribution in [-0.4, -0.2) is 78.0 Å². The van der Waals surface area contributed by atoms with Gasteiger partial charge in [0.2, 0.25) is 0 Å². The van der Waals surface area contributed by atoms with E-state index in [1.165, 1.54) is 0 Å². The molecule has 2 fully saturated rings. The fourth-order valence-electron chi connectivity index (χ4n) is 3.88. The number of aryl methyl sites for hydroxylation is 2. The Kier molecular flexibility index (Phi) is 5.08. The molecule has 3 amide bonds. The lowest BCUT2D eigenvalue weighted by atomic mass is 10.2. The van der Waals surface area contributed by atoms with E-state index in [4.69, 9.17) is 0 Å². The van der Waals surface area contributed by atoms with Gasteiger partial charge in [-0.3, -0.25) is 9.69 Å². The van der Waals surface area contributed by atoms with Gasteiger partial charge < -0.3 is 14.7 Å². The number of hydrogen-bond donors (Lipinski definition) is 0. The molecule has 2 aromatic rings. The van der Waals surface area contributed by atoms with Crippen molar-refractivity contribution >= 4 is 23.4 Å². The number of carbonyl (C=O) groups is 2. The van der Waals surface area contributed by atoms with Gasteiger partial charge in [0.15, 0.2) is 0 Å². The first-order chi connectivity index (χ1) is 13.9. The predicted octanol–water partition coefficient (Wildman–Crippen LogP) is 1.93. The van der Waals surface area contributed by atoms with Crippen LogP contribution in [-0.2, 0) is 0 Å². The summed E-state index contributed by atoms with van der Waals surface area (Å²) in [7, 11) is 1.78. The van der Waals surface area contributed by atoms with E-state index in [2.05, 4.69) is 27.9 Å². The molecular formula is C21H26N6O2. The average Bonchev–Trinajstić information content (AvgIpc) is 3.06. The molecule has 0 atom stereocenters. The van der Waals surface area contributed by atoms with E-state index in [1.807, 2.05) is 18.0 Å². The number of likely N-dealkylation sites (N-methyl/N-ethyl adjacent to an activating group) is 1. The highest BCUT2D eigenvalue weighted by molar-refractivity contribution is 5.95. The summed E-state index contributed by atoms with van der Waals surface area (Å²) in [6.07, 6.45) is 3.49. The van der Waals surface area contributed by atoms with Gasteiger partial charge in [-0.25, -0.2) is 14.8 Å². The van der Waals surface area contributed by atoms with Gasteiger partial charge in [0.25, 0.3) is 5.91 Å². The van der Waals surface area contributed by atoms with E-state index in [-0.39, 0.29) is 11.9 Å². The molecule has 4 heterocycles. The summed E-state index contributed by atoms with van der Waals surface area (Å²) in [5.74, 6) is 0.917. The maximum Gasteiger partial charge on any atom is 0.324 e. The lowest BCUT2D eigenvalue weighted by molar-refractivity contribution is 0.0740. The summed E-state index contributed by atoms with van der Waals surface area (Å²) in [5, 5.41) is 0. The molecule has 0 aromatic carbocycles. The monoisotopic (exact) mass is 394 g/mol. The summed E-state index contributed by atoms with van der Waals surface area (Å²) >= 11 is 0. The molecule has 0 aliphatic carbocycles. The SMILES string of the molecule is Cc1cnc(N2CCN(C(=O)c3ccc(N4CCN(C)C4=O)cn3)CC2)c(C)c1. The number of aromatic nitrogens is 2. The summed E-state index contributed by atoms with van der Waals surface area (Å²) in [6, 6.07) is 5.60. The second-order valence-corrected chi connectivity index (χ2v) is 7.69. The molecule has 152 valence electrons. The van der Waals surface area contributed by atoms with E-state index in [0.29, 0.717) is 31.9 Å². The zero-order chi connectivity index (χ0) is 20.5. The molecule has 29 heavy (non-hydrogen) atoms. The molecule has 2 aliphatic rings. The van der Waals surface area contributed by atoms with Crippen molar-refractivity contribution in [3.05, 3.63) is 47.4 Å². The zero-order valence-electron chi connectivity index (χ0n) is 17.1. The van der Waals surface area contributed by atoms with Crippen LogP contribution in [0, 0.1) is 13.8 Å². The van der Waals surface area contributed by atoms with Gasteiger partial charge in [0.05, 0.1) is 11.9 Å². The van der Waals surface area contributed by atoms with Crippen LogP contribution >= 0.6 is 0 Å². The summed E-state index contributed by atoms with van der Waals surface area (Å²) < 4.78 is 0. The number of hydrogen-bond acceptors (Lipinski definition) is 5. The van der Waals surface area contributed by atoms with Crippen molar-refractivity contribution in [3.8, 4) is 0 Å². The van der Waals surface area contributed by atoms with E-state index < -0.39 is 0 Å². The third-order valence-corrected chi connectivity index (χ3v) is 5.55. The predicted molar refractivity (Wildman–Crippen MR) is 111 cm³/mol. The highest BCUT2D eigenvalue weighted by Crippen LogP contribution is 2.21. The van der Waals surface area contributed by atoms with Crippen LogP contribution in [0.15, 0.2) is 30.6 Å². The van der Waals surface area contributed by atoms with E-state index in [1.54, 1.807) is 35.2 Å². The summed E-state index contributed by atoms with van der Waals surface area (Å²) in [6.45, 7) is 8.19. The van der Waals surface area contributed by atoms with Gasteiger partial charge in [0.1, 0.15) is 11.5 Å². The number of anilines is 2. The van der Waals surface area contributed by atoms with E-state index in [9.17, 15) is 9.59 Å². The zero-order valence-corrected chi connectivity index (χ0v) is 17.1. The first-order valence-corrected chi connectivity index (χ1v) is 9.90. The molecule has 0 radical (unpaired) electrons. The number of pyridine rings is 2. The number of rotatable bonds is 3. The quantitative estimate of drug-likeness (QED) is 0.795. The Morgan fingerprint density at radius 1 is 0.966 bits per heavy atom. The second-order valence-electron chi connectivity index (χ2n) is 7.69. The highest BCUT2D eigenvalue weighted by Gasteiger charge is 2.28. The van der Waals surface area contributed by atoms with Crippen LogP contribution in [0.1, 0.15) is 21.6 Å². The van der Waals surface area contributed by atoms with Crippen LogP contribution < -0.4 is 9.80 Å². The Morgan fingerprint density at radius 3 is 2.31 bits per heavy atom. The maximum atomic E-state index is 12.8. The van der Waals surface area contributed by atoms with Crippen LogP contribution in [0.4, 0.5) is 16.3 Å². The second kappa shape index (κ2) is 7.69. The first kappa shape index (κ1) is 19.2. The molecular weight excluding hydrogens is 368 g/mol. The van der Waals surface area contributed by atoms with Crippen LogP contribution in [0.25, 0.3) is 0 Å². The lowest BCUT2D eigenvalue weighted by Crippen LogP contribution is -2.49. The molecule has 8 nitrogen and oxygen atoms in total. The standard InChI is InChI=1S/C21H26N6O2/c1-15-12-16(2)19(23-13-15)25-7-9-26(10-8-25)20(28)18-5-4-17(14-22-18)27-11-6-24(3)21(27)29/h4-5,12-14H,6-11H2,1-3H3. The van der Waals surface area contributed by atoms with Crippen LogP contribution in [0.3, 0.4) is 0 Å². The Hall–Kier alpha value is -3.16. The molecule has 2 aliphatic heterocycles. The molecule has 0 saturated carbocycles. The topological polar surface area (TPSA) is 72.9 Å². The van der Waals surface area contributed by atoms with Crippen molar-refractivity contribution in [1.29, 1.82) is 0 Å². The van der Waals surface area contributed by atoms with Crippen molar-refractivity contribution in [2.75, 3.05) is 56.1 Å². The van der Waals surface area contributed by atoms with Crippen molar-refractivity contribution in [2.45, 2.75) is 13.8 Å². The van der Waals surface area contributed by atoms with Crippen LogP contribution in [0.2, 0.25) is 0 Å². The average molecular weight is 394 g/mol. The van der Waals surface area contributed by atoms with Crippen molar-refractivity contribution in [1.82, 2.24) is 19.8 Å². The molecule has 0 spiro atoms. The molecule has 0 unspecified atom stereocenters. The third kappa shape index (κ3) is 3.74. The first-order valence-electron chi connectivity index (χ1n) is 9.90. The minimum atomic E-state index is -0.0744. The molecule has 0 bridgehead atoms. The summed E-state index contributed by atoms with van der Waals surface area (Å²) in [4.78, 5) is 41.2. The van der Waals surface area contributed by atoms with Crippen molar-refractivity contribution in [2.24, 2.45) is 0 Å². The summed E-state index contributed by atoms with van der Waals surface area (Å²) in [5.41, 5.74) is 3.44. The van der Waals surface area contributed by atoms with Gasteiger partial charge in [-0.2, -0.15) is 0 Å². The molecule has 2 saturated heterocycles. The minimum absolute atomic E-state index is 0.0398. The number of nitrogens with zero attached hydrogens (tertiary/aromatic N) is 6. The fourth-order valence-corrected chi connectivity index (χ4v) is 3.88. The lowest BCUT2D eigenvalue weighted by Gasteiger charge is -2.36. The fraction of sp³-hybridized carbons (Fsp3) is 0.429. The normalized spacial score (nSPS) is 17.3. The maximum absolute atomic E-state index is 12.8. The van der Waals surface area contributed by atoms with Crippen molar-refractivity contribution in [3.63, 3.8) is 0 Å². The van der Waals surface area contributed by atoms with Gasteiger partial charge in [-0.1, -0.05) is 6.07 Å². The smallest absolute Gasteiger partial charge is 0.324 e. The molecule has 2 aromatic heterocycles. The van der Waals surface area contributed by atoms with Gasteiger partial charge >= 0.3 is 6.03 Å². The number of amides is 3. The minimum Gasteiger partial charge on any atom is -0.353 e. The third-order valence-electron chi connectivity index (χ3n) is 5.55. The largest absolute Gasteiger partial charge is 0.353 e. The molecule has 0 N–H and O–H groups in total. The Balaban J connectivity index is 1.39. The number of urea groups is 1. The number of carbonyl (C=O) groups excluding carboxylic acids is 2. The number of piperazine rings is 1. The highest BCUT2D eigenvalue weighted by atomic mass is 16.2. The van der Waals surface area contributed by atoms with Crippen molar-refractivity contribution < 1.29 is 9.59 Å². The molecule has 8 heteroatoms. The molecule has 4 rings (SSSR count).